The molecule has 1 saturated heterocycles. The van der Waals surface area contributed by atoms with Crippen LogP contribution in [0.5, 0.6) is 0 Å². The predicted molar refractivity (Wildman–Crippen MR) is 121 cm³/mol. The second-order valence-corrected chi connectivity index (χ2v) is 9.59. The number of sulfonamides is 1. The Labute approximate surface area is 188 Å². The molecule has 0 radical (unpaired) electrons. The fraction of sp³-hybridized carbons (Fsp3) is 0.348. The van der Waals surface area contributed by atoms with Crippen LogP contribution in [-0.4, -0.2) is 44.6 Å². The largest absolute Gasteiger partial charge is 0.469 e. The highest BCUT2D eigenvalue weighted by Gasteiger charge is 2.29. The van der Waals surface area contributed by atoms with Gasteiger partial charge >= 0.3 is 5.97 Å². The molecular formula is C23H27ClFNO4S. The lowest BCUT2D eigenvalue weighted by molar-refractivity contribution is -0.139. The fourth-order valence-corrected chi connectivity index (χ4v) is 4.97. The first kappa shape index (κ1) is 25.0. The van der Waals surface area contributed by atoms with Crippen LogP contribution in [-0.2, 0) is 26.0 Å². The molecule has 1 heterocycles. The number of rotatable bonds is 6. The maximum absolute atomic E-state index is 12.3. The van der Waals surface area contributed by atoms with Gasteiger partial charge in [-0.15, -0.1) is 6.58 Å². The molecule has 0 aliphatic carbocycles. The van der Waals surface area contributed by atoms with Crippen molar-refractivity contribution in [1.29, 1.82) is 0 Å². The van der Waals surface area contributed by atoms with E-state index in [-0.39, 0.29) is 29.9 Å². The number of hydrogen-bond acceptors (Lipinski definition) is 4. The van der Waals surface area contributed by atoms with E-state index in [9.17, 15) is 17.6 Å². The molecule has 1 fully saturated rings. The molecule has 1 aliphatic rings. The normalized spacial score (nSPS) is 16.7. The van der Waals surface area contributed by atoms with Gasteiger partial charge in [0.05, 0.1) is 19.3 Å². The molecule has 0 bridgehead atoms. The quantitative estimate of drug-likeness (QED) is 0.461. The Morgan fingerprint density at radius 1 is 1.29 bits per heavy atom. The van der Waals surface area contributed by atoms with Gasteiger partial charge in [-0.1, -0.05) is 48.0 Å². The molecule has 2 aromatic rings. The minimum Gasteiger partial charge on any atom is -0.469 e. The first-order valence-electron chi connectivity index (χ1n) is 9.91. The number of methoxy groups -OCH3 is 1. The molecule has 168 valence electrons. The summed E-state index contributed by atoms with van der Waals surface area (Å²) < 4.78 is 42.6. The number of benzene rings is 2. The van der Waals surface area contributed by atoms with Crippen molar-refractivity contribution in [3.05, 3.63) is 83.2 Å². The highest BCUT2D eigenvalue weighted by atomic mass is 35.5. The summed E-state index contributed by atoms with van der Waals surface area (Å²) in [6.07, 6.45) is 3.22. The molecule has 2 aromatic carbocycles. The predicted octanol–water partition coefficient (Wildman–Crippen LogP) is 4.58. The smallest absolute Gasteiger partial charge is 0.309 e. The Kier molecular flexibility index (Phi) is 9.68. The third-order valence-corrected chi connectivity index (χ3v) is 7.04. The van der Waals surface area contributed by atoms with Gasteiger partial charge in [-0.25, -0.2) is 17.1 Å². The lowest BCUT2D eigenvalue weighted by atomic mass is 9.90. The van der Waals surface area contributed by atoms with Crippen LogP contribution in [0.2, 0.25) is 5.02 Å². The molecular weight excluding hydrogens is 441 g/mol. The van der Waals surface area contributed by atoms with E-state index in [4.69, 9.17) is 11.6 Å². The Bertz CT molecular complexity index is 982. The summed E-state index contributed by atoms with van der Waals surface area (Å²) in [5.74, 6) is -0.538. The molecule has 0 N–H and O–H groups in total. The van der Waals surface area contributed by atoms with Crippen molar-refractivity contribution in [1.82, 2.24) is 4.31 Å². The Morgan fingerprint density at radius 3 is 2.58 bits per heavy atom. The SMILES string of the molecule is C=CCS(=O)(=O)N1CCCC(c2cc(CC(=O)OC)ccc2Cl)C1.Fc1ccccc1. The van der Waals surface area contributed by atoms with E-state index < -0.39 is 10.0 Å². The minimum atomic E-state index is -3.32. The van der Waals surface area contributed by atoms with Gasteiger partial charge in [0.25, 0.3) is 0 Å². The van der Waals surface area contributed by atoms with Crippen molar-refractivity contribution >= 4 is 27.6 Å². The molecule has 1 unspecified atom stereocenters. The van der Waals surface area contributed by atoms with Gasteiger partial charge in [0, 0.05) is 18.1 Å². The standard InChI is InChI=1S/C17H22ClNO4S.C6H5F/c1-3-9-24(21,22)19-8-4-5-14(12-19)15-10-13(6-7-16(15)18)11-17(20)23-2;7-6-4-2-1-3-5-6/h3,6-7,10,14H,1,4-5,8-9,11-12H2,2H3;1-5H. The number of ether oxygens (including phenoxy) is 1. The van der Waals surface area contributed by atoms with E-state index in [1.807, 2.05) is 6.07 Å². The van der Waals surface area contributed by atoms with Crippen LogP contribution in [0.1, 0.15) is 29.9 Å². The second kappa shape index (κ2) is 12.0. The van der Waals surface area contributed by atoms with Crippen molar-refractivity contribution < 1.29 is 22.3 Å². The summed E-state index contributed by atoms with van der Waals surface area (Å²) in [4.78, 5) is 11.5. The molecule has 0 saturated carbocycles. The molecule has 31 heavy (non-hydrogen) atoms. The third-order valence-electron chi connectivity index (χ3n) is 4.92. The zero-order valence-electron chi connectivity index (χ0n) is 17.5. The first-order chi connectivity index (χ1) is 14.8. The zero-order valence-corrected chi connectivity index (χ0v) is 19.0. The number of carbonyl (C=O) groups is 1. The average molecular weight is 468 g/mol. The average Bonchev–Trinajstić information content (AvgIpc) is 2.76. The number of hydrogen-bond donors (Lipinski definition) is 0. The van der Waals surface area contributed by atoms with Gasteiger partial charge < -0.3 is 4.74 Å². The lowest BCUT2D eigenvalue weighted by Crippen LogP contribution is -2.40. The van der Waals surface area contributed by atoms with E-state index in [0.717, 1.165) is 24.0 Å². The van der Waals surface area contributed by atoms with Crippen LogP contribution in [0, 0.1) is 5.82 Å². The maximum atomic E-state index is 12.3. The van der Waals surface area contributed by atoms with Crippen molar-refractivity contribution in [2.45, 2.75) is 25.2 Å². The van der Waals surface area contributed by atoms with Gasteiger partial charge in [0.2, 0.25) is 10.0 Å². The van der Waals surface area contributed by atoms with Crippen LogP contribution >= 0.6 is 11.6 Å². The Hall–Kier alpha value is -2.22. The van der Waals surface area contributed by atoms with Gasteiger partial charge in [-0.2, -0.15) is 0 Å². The van der Waals surface area contributed by atoms with Crippen molar-refractivity contribution in [2.24, 2.45) is 0 Å². The minimum absolute atomic E-state index is 0.0171. The van der Waals surface area contributed by atoms with Crippen LogP contribution in [0.4, 0.5) is 4.39 Å². The Morgan fingerprint density at radius 2 is 2.00 bits per heavy atom. The van der Waals surface area contributed by atoms with Crippen molar-refractivity contribution in [3.8, 4) is 0 Å². The molecule has 8 heteroatoms. The zero-order chi connectivity index (χ0) is 22.9. The summed E-state index contributed by atoms with van der Waals surface area (Å²) in [5, 5.41) is 0.594. The maximum Gasteiger partial charge on any atom is 0.309 e. The number of carbonyl (C=O) groups excluding carboxylic acids is 1. The number of esters is 1. The van der Waals surface area contributed by atoms with E-state index >= 15 is 0 Å². The van der Waals surface area contributed by atoms with Gasteiger partial charge in [-0.3, -0.25) is 4.79 Å². The van der Waals surface area contributed by atoms with Gasteiger partial charge in [-0.05, 0) is 48.1 Å². The molecule has 3 rings (SSSR count). The fourth-order valence-electron chi connectivity index (χ4n) is 3.37. The van der Waals surface area contributed by atoms with Crippen LogP contribution in [0.15, 0.2) is 61.2 Å². The molecule has 0 amide bonds. The second-order valence-electron chi connectivity index (χ2n) is 7.17. The van der Waals surface area contributed by atoms with Gasteiger partial charge in [0.1, 0.15) is 5.82 Å². The molecule has 5 nitrogen and oxygen atoms in total. The molecule has 1 aliphatic heterocycles. The highest BCUT2D eigenvalue weighted by molar-refractivity contribution is 7.89. The van der Waals surface area contributed by atoms with Crippen molar-refractivity contribution in [2.75, 3.05) is 26.0 Å². The number of nitrogens with zero attached hydrogens (tertiary/aromatic N) is 1. The van der Waals surface area contributed by atoms with E-state index in [1.54, 1.807) is 30.3 Å². The lowest BCUT2D eigenvalue weighted by Gasteiger charge is -2.32. The molecule has 0 aromatic heterocycles. The molecule has 0 spiro atoms. The summed E-state index contributed by atoms with van der Waals surface area (Å²) in [6, 6.07) is 13.4. The summed E-state index contributed by atoms with van der Waals surface area (Å²) in [6.45, 7) is 4.43. The summed E-state index contributed by atoms with van der Waals surface area (Å²) in [7, 11) is -1.97. The van der Waals surface area contributed by atoms with Crippen LogP contribution < -0.4 is 0 Å². The third kappa shape index (κ3) is 7.76. The highest BCUT2D eigenvalue weighted by Crippen LogP contribution is 2.33. The van der Waals surface area contributed by atoms with E-state index in [2.05, 4.69) is 11.3 Å². The monoisotopic (exact) mass is 467 g/mol. The number of halogens is 2. The topological polar surface area (TPSA) is 63.7 Å². The molecule has 1 atom stereocenters. The Balaban J connectivity index is 0.000000412. The number of piperidine rings is 1. The van der Waals surface area contributed by atoms with Crippen LogP contribution in [0.3, 0.4) is 0 Å². The summed E-state index contributed by atoms with van der Waals surface area (Å²) >= 11 is 6.32. The first-order valence-corrected chi connectivity index (χ1v) is 11.9. The summed E-state index contributed by atoms with van der Waals surface area (Å²) in [5.41, 5.74) is 1.70. The van der Waals surface area contributed by atoms with Crippen molar-refractivity contribution in [3.63, 3.8) is 0 Å². The van der Waals surface area contributed by atoms with E-state index in [0.29, 0.717) is 18.1 Å². The van der Waals surface area contributed by atoms with Crippen LogP contribution in [0.25, 0.3) is 0 Å². The van der Waals surface area contributed by atoms with E-state index in [1.165, 1.54) is 29.6 Å². The van der Waals surface area contributed by atoms with Gasteiger partial charge in [0.15, 0.2) is 0 Å².